The zero-order valence-electron chi connectivity index (χ0n) is 9.84. The summed E-state index contributed by atoms with van der Waals surface area (Å²) in [6.45, 7) is 2.52. The summed E-state index contributed by atoms with van der Waals surface area (Å²) in [5.74, 6) is -1.70. The van der Waals surface area contributed by atoms with Crippen molar-refractivity contribution in [1.82, 2.24) is 4.72 Å². The molecule has 1 aromatic rings. The van der Waals surface area contributed by atoms with Gasteiger partial charge in [0, 0.05) is 5.56 Å². The van der Waals surface area contributed by atoms with Crippen LogP contribution in [0.3, 0.4) is 0 Å². The van der Waals surface area contributed by atoms with E-state index in [0.29, 0.717) is 5.56 Å². The number of carbonyl (C=O) groups is 2. The molecule has 0 saturated carbocycles. The van der Waals surface area contributed by atoms with Gasteiger partial charge in [-0.2, -0.15) is 0 Å². The second kappa shape index (κ2) is 5.28. The third-order valence-corrected chi connectivity index (χ3v) is 3.81. The SMILES string of the molecule is CC(=O)c1ccc(S(=O)(=O)N[C@@H](C)C(=O)[O-])cc1. The van der Waals surface area contributed by atoms with Crippen molar-refractivity contribution >= 4 is 21.8 Å². The number of Topliss-reactive ketones (excluding diaryl/α,β-unsaturated/α-hetero) is 1. The van der Waals surface area contributed by atoms with Crippen molar-refractivity contribution in [3.05, 3.63) is 29.8 Å². The molecule has 0 amide bonds. The topological polar surface area (TPSA) is 103 Å². The van der Waals surface area contributed by atoms with Gasteiger partial charge in [0.05, 0.1) is 16.9 Å². The molecule has 0 aliphatic carbocycles. The number of rotatable bonds is 5. The molecule has 0 saturated heterocycles. The minimum absolute atomic E-state index is 0.111. The maximum atomic E-state index is 11.7. The van der Waals surface area contributed by atoms with Crippen molar-refractivity contribution in [3.63, 3.8) is 0 Å². The largest absolute Gasteiger partial charge is 0.548 e. The number of hydrogen-bond acceptors (Lipinski definition) is 5. The minimum Gasteiger partial charge on any atom is -0.548 e. The smallest absolute Gasteiger partial charge is 0.241 e. The molecule has 1 atom stereocenters. The number of sulfonamides is 1. The fraction of sp³-hybridized carbons (Fsp3) is 0.273. The summed E-state index contributed by atoms with van der Waals surface area (Å²) in [5, 5.41) is 10.5. The van der Waals surface area contributed by atoms with Gasteiger partial charge >= 0.3 is 0 Å². The first-order chi connectivity index (χ1) is 8.24. The molecular weight excluding hydrogens is 258 g/mol. The molecule has 7 heteroatoms. The van der Waals surface area contributed by atoms with E-state index in [1.54, 1.807) is 0 Å². The standard InChI is InChI=1S/C11H13NO5S/c1-7(11(14)15)12-18(16,17)10-5-3-9(4-6-10)8(2)13/h3-7,12H,1-2H3,(H,14,15)/p-1/t7-/m0/s1. The minimum atomic E-state index is -3.93. The van der Waals surface area contributed by atoms with Gasteiger partial charge in [-0.3, -0.25) is 4.79 Å². The molecule has 0 bridgehead atoms. The maximum Gasteiger partial charge on any atom is 0.241 e. The van der Waals surface area contributed by atoms with Gasteiger partial charge in [0.25, 0.3) is 0 Å². The Balaban J connectivity index is 2.99. The number of nitrogens with one attached hydrogen (secondary N) is 1. The predicted molar refractivity (Wildman–Crippen MR) is 61.2 cm³/mol. The quantitative estimate of drug-likeness (QED) is 0.713. The van der Waals surface area contributed by atoms with Crippen molar-refractivity contribution < 1.29 is 23.1 Å². The van der Waals surface area contributed by atoms with Crippen LogP contribution in [0.2, 0.25) is 0 Å². The summed E-state index contributed by atoms with van der Waals surface area (Å²) >= 11 is 0. The Kier molecular flexibility index (Phi) is 4.20. The fourth-order valence-corrected chi connectivity index (χ4v) is 2.41. The first-order valence-corrected chi connectivity index (χ1v) is 6.56. The summed E-state index contributed by atoms with van der Waals surface area (Å²) in [6, 6.07) is 3.87. The lowest BCUT2D eigenvalue weighted by Crippen LogP contribution is -2.45. The van der Waals surface area contributed by atoms with Crippen LogP contribution in [0.25, 0.3) is 0 Å². The highest BCUT2D eigenvalue weighted by Crippen LogP contribution is 2.11. The molecule has 0 heterocycles. The van der Waals surface area contributed by atoms with Gasteiger partial charge < -0.3 is 9.90 Å². The van der Waals surface area contributed by atoms with E-state index in [9.17, 15) is 23.1 Å². The Hall–Kier alpha value is -1.73. The number of carboxylic acids is 1. The molecule has 1 aromatic carbocycles. The van der Waals surface area contributed by atoms with Gasteiger partial charge in [-0.25, -0.2) is 13.1 Å². The normalized spacial score (nSPS) is 13.0. The number of ketones is 1. The van der Waals surface area contributed by atoms with E-state index in [1.807, 2.05) is 4.72 Å². The molecule has 0 radical (unpaired) electrons. The zero-order chi connectivity index (χ0) is 13.9. The van der Waals surface area contributed by atoms with Crippen LogP contribution in [0, 0.1) is 0 Å². The Morgan fingerprint density at radius 2 is 1.72 bits per heavy atom. The van der Waals surface area contributed by atoms with Crippen LogP contribution >= 0.6 is 0 Å². The van der Waals surface area contributed by atoms with E-state index in [-0.39, 0.29) is 10.7 Å². The molecule has 1 rings (SSSR count). The fourth-order valence-electron chi connectivity index (χ4n) is 1.22. The van der Waals surface area contributed by atoms with Crippen molar-refractivity contribution in [3.8, 4) is 0 Å². The Morgan fingerprint density at radius 3 is 2.11 bits per heavy atom. The lowest BCUT2D eigenvalue weighted by atomic mass is 10.2. The number of benzene rings is 1. The molecular formula is C11H12NO5S-. The van der Waals surface area contributed by atoms with Crippen molar-refractivity contribution in [2.24, 2.45) is 0 Å². The van der Waals surface area contributed by atoms with Crippen LogP contribution in [-0.4, -0.2) is 26.2 Å². The molecule has 0 spiro atoms. The van der Waals surface area contributed by atoms with Gasteiger partial charge in [0.15, 0.2) is 5.78 Å². The number of hydrogen-bond donors (Lipinski definition) is 1. The van der Waals surface area contributed by atoms with Gasteiger partial charge in [-0.1, -0.05) is 12.1 Å². The summed E-state index contributed by atoms with van der Waals surface area (Å²) in [7, 11) is -3.93. The predicted octanol–water partition coefficient (Wildman–Crippen LogP) is -0.694. The van der Waals surface area contributed by atoms with E-state index in [0.717, 1.165) is 6.92 Å². The molecule has 0 fully saturated rings. The molecule has 0 aromatic heterocycles. The molecule has 18 heavy (non-hydrogen) atoms. The van der Waals surface area contributed by atoms with E-state index < -0.39 is 22.0 Å². The zero-order valence-corrected chi connectivity index (χ0v) is 10.7. The molecule has 0 aliphatic heterocycles. The molecule has 1 N–H and O–H groups in total. The summed E-state index contributed by atoms with van der Waals surface area (Å²) in [6.07, 6.45) is 0. The lowest BCUT2D eigenvalue weighted by molar-refractivity contribution is -0.307. The number of aliphatic carboxylic acids is 1. The summed E-state index contributed by atoms with van der Waals surface area (Å²) in [5.41, 5.74) is 0.377. The van der Waals surface area contributed by atoms with Crippen LogP contribution < -0.4 is 9.83 Å². The number of carboxylic acid groups (broad SMARTS) is 1. The first kappa shape index (κ1) is 14.3. The highest BCUT2D eigenvalue weighted by Gasteiger charge is 2.17. The van der Waals surface area contributed by atoms with Crippen molar-refractivity contribution in [1.29, 1.82) is 0 Å². The van der Waals surface area contributed by atoms with Gasteiger partial charge in [0.1, 0.15) is 0 Å². The second-order valence-electron chi connectivity index (χ2n) is 3.74. The third-order valence-electron chi connectivity index (χ3n) is 2.26. The monoisotopic (exact) mass is 270 g/mol. The van der Waals surface area contributed by atoms with E-state index in [4.69, 9.17) is 0 Å². The average molecular weight is 270 g/mol. The van der Waals surface area contributed by atoms with E-state index >= 15 is 0 Å². The molecule has 0 unspecified atom stereocenters. The lowest BCUT2D eigenvalue weighted by Gasteiger charge is -2.14. The Labute approximate surface area is 105 Å². The van der Waals surface area contributed by atoms with Gasteiger partial charge in [-0.15, -0.1) is 0 Å². The third kappa shape index (κ3) is 3.38. The first-order valence-electron chi connectivity index (χ1n) is 5.08. The van der Waals surface area contributed by atoms with E-state index in [1.165, 1.54) is 31.2 Å². The summed E-state index contributed by atoms with van der Waals surface area (Å²) < 4.78 is 25.4. The molecule has 6 nitrogen and oxygen atoms in total. The molecule has 98 valence electrons. The van der Waals surface area contributed by atoms with Crippen LogP contribution in [0.1, 0.15) is 24.2 Å². The van der Waals surface area contributed by atoms with Crippen molar-refractivity contribution in [2.75, 3.05) is 0 Å². The average Bonchev–Trinajstić information content (AvgIpc) is 2.28. The maximum absolute atomic E-state index is 11.7. The van der Waals surface area contributed by atoms with Crippen LogP contribution in [0.4, 0.5) is 0 Å². The van der Waals surface area contributed by atoms with Gasteiger partial charge in [0.2, 0.25) is 10.0 Å². The second-order valence-corrected chi connectivity index (χ2v) is 5.46. The van der Waals surface area contributed by atoms with Crippen LogP contribution in [-0.2, 0) is 14.8 Å². The van der Waals surface area contributed by atoms with Crippen molar-refractivity contribution in [2.45, 2.75) is 24.8 Å². The number of carbonyl (C=O) groups excluding carboxylic acids is 2. The highest BCUT2D eigenvalue weighted by molar-refractivity contribution is 7.89. The van der Waals surface area contributed by atoms with E-state index in [2.05, 4.69) is 0 Å². The summed E-state index contributed by atoms with van der Waals surface area (Å²) in [4.78, 5) is 21.4. The Morgan fingerprint density at radius 1 is 1.22 bits per heavy atom. The van der Waals surface area contributed by atoms with Crippen LogP contribution in [0.15, 0.2) is 29.2 Å². The Bertz CT molecular complexity index is 562. The van der Waals surface area contributed by atoms with Gasteiger partial charge in [-0.05, 0) is 26.0 Å². The molecule has 0 aliphatic rings. The highest BCUT2D eigenvalue weighted by atomic mass is 32.2. The van der Waals surface area contributed by atoms with Crippen LogP contribution in [0.5, 0.6) is 0 Å².